The summed E-state index contributed by atoms with van der Waals surface area (Å²) in [6.45, 7) is 4.94. The van der Waals surface area contributed by atoms with Crippen molar-refractivity contribution in [2.75, 3.05) is 27.2 Å². The average Bonchev–Trinajstić information content (AvgIpc) is 2.71. The molecular formula is C21H30ClN3O4. The molecule has 2 N–H and O–H groups in total. The minimum atomic E-state index is -0.539. The van der Waals surface area contributed by atoms with E-state index in [-0.39, 0.29) is 29.6 Å². The van der Waals surface area contributed by atoms with Gasteiger partial charge in [-0.3, -0.25) is 14.4 Å². The number of halogens is 1. The number of hydrogen-bond acceptors (Lipinski definition) is 4. The zero-order valence-electron chi connectivity index (χ0n) is 17.5. The number of nitrogens with zero attached hydrogens (tertiary/aromatic N) is 1. The van der Waals surface area contributed by atoms with Gasteiger partial charge in [0, 0.05) is 31.1 Å². The van der Waals surface area contributed by atoms with Gasteiger partial charge in [-0.1, -0.05) is 25.4 Å². The van der Waals surface area contributed by atoms with E-state index >= 15 is 0 Å². The normalized spacial score (nSPS) is 15.7. The number of carbonyl (C=O) groups is 3. The fourth-order valence-corrected chi connectivity index (χ4v) is 3.70. The van der Waals surface area contributed by atoms with Crippen molar-refractivity contribution in [3.05, 3.63) is 28.8 Å². The Hall–Kier alpha value is -2.28. The molecule has 0 aliphatic carbocycles. The predicted octanol–water partition coefficient (Wildman–Crippen LogP) is 2.48. The van der Waals surface area contributed by atoms with Gasteiger partial charge in [-0.15, -0.1) is 0 Å². The zero-order valence-corrected chi connectivity index (χ0v) is 18.2. The third kappa shape index (κ3) is 6.10. The standard InChI is InChI=1S/C21H30ClN3O4/c1-13(2)11-17(20(27)23-3)24-19(26)14-7-9-25(10-8-14)21(28)16-12-15(22)5-6-18(16)29-4/h5-6,12-14,17H,7-11H2,1-4H3,(H,23,27)(H,24,26). The van der Waals surface area contributed by atoms with Crippen LogP contribution in [0.3, 0.4) is 0 Å². The fourth-order valence-electron chi connectivity index (χ4n) is 3.53. The van der Waals surface area contributed by atoms with Crippen molar-refractivity contribution >= 4 is 29.3 Å². The van der Waals surface area contributed by atoms with Crippen molar-refractivity contribution in [2.45, 2.75) is 39.2 Å². The Morgan fingerprint density at radius 3 is 2.45 bits per heavy atom. The van der Waals surface area contributed by atoms with Crippen molar-refractivity contribution in [3.8, 4) is 5.75 Å². The van der Waals surface area contributed by atoms with Gasteiger partial charge in [-0.2, -0.15) is 0 Å². The lowest BCUT2D eigenvalue weighted by Gasteiger charge is -2.32. The Balaban J connectivity index is 1.97. The summed E-state index contributed by atoms with van der Waals surface area (Å²) < 4.78 is 5.27. The molecule has 160 valence electrons. The third-order valence-corrected chi connectivity index (χ3v) is 5.37. The molecule has 0 bridgehead atoms. The quantitative estimate of drug-likeness (QED) is 0.705. The number of benzene rings is 1. The molecule has 1 aliphatic heterocycles. The van der Waals surface area contributed by atoms with Crippen LogP contribution in [0.5, 0.6) is 5.75 Å². The molecule has 0 aromatic heterocycles. The zero-order chi connectivity index (χ0) is 21.6. The van der Waals surface area contributed by atoms with Crippen LogP contribution in [0, 0.1) is 11.8 Å². The van der Waals surface area contributed by atoms with Crippen LogP contribution in [0.25, 0.3) is 0 Å². The van der Waals surface area contributed by atoms with Gasteiger partial charge in [-0.25, -0.2) is 0 Å². The lowest BCUT2D eigenvalue weighted by molar-refractivity contribution is -0.132. The maximum absolute atomic E-state index is 12.9. The van der Waals surface area contributed by atoms with Crippen LogP contribution < -0.4 is 15.4 Å². The van der Waals surface area contributed by atoms with E-state index in [9.17, 15) is 14.4 Å². The van der Waals surface area contributed by atoms with Crippen LogP contribution >= 0.6 is 11.6 Å². The summed E-state index contributed by atoms with van der Waals surface area (Å²) >= 11 is 6.03. The molecule has 1 aromatic rings. The first-order chi connectivity index (χ1) is 13.8. The molecule has 1 unspecified atom stereocenters. The number of carbonyl (C=O) groups excluding carboxylic acids is 3. The van der Waals surface area contributed by atoms with E-state index in [0.29, 0.717) is 48.7 Å². The molecule has 1 atom stereocenters. The number of hydrogen-bond donors (Lipinski definition) is 2. The molecule has 7 nitrogen and oxygen atoms in total. The van der Waals surface area contributed by atoms with Crippen molar-refractivity contribution in [3.63, 3.8) is 0 Å². The number of methoxy groups -OCH3 is 1. The highest BCUT2D eigenvalue weighted by Gasteiger charge is 2.31. The van der Waals surface area contributed by atoms with Gasteiger partial charge < -0.3 is 20.3 Å². The molecule has 1 heterocycles. The van der Waals surface area contributed by atoms with E-state index < -0.39 is 6.04 Å². The summed E-state index contributed by atoms with van der Waals surface area (Å²) in [7, 11) is 3.08. The second-order valence-corrected chi connectivity index (χ2v) is 8.15. The summed E-state index contributed by atoms with van der Waals surface area (Å²) in [5.74, 6) is 0.0522. The van der Waals surface area contributed by atoms with E-state index in [1.807, 2.05) is 13.8 Å². The first-order valence-electron chi connectivity index (χ1n) is 9.91. The highest BCUT2D eigenvalue weighted by Crippen LogP contribution is 2.26. The minimum Gasteiger partial charge on any atom is -0.496 e. The van der Waals surface area contributed by atoms with Crippen molar-refractivity contribution < 1.29 is 19.1 Å². The summed E-state index contributed by atoms with van der Waals surface area (Å²) in [5, 5.41) is 5.95. The molecule has 8 heteroatoms. The summed E-state index contributed by atoms with van der Waals surface area (Å²) in [4.78, 5) is 39.3. The van der Waals surface area contributed by atoms with Gasteiger partial charge in [0.25, 0.3) is 5.91 Å². The Bertz CT molecular complexity index is 745. The predicted molar refractivity (Wildman–Crippen MR) is 112 cm³/mol. The van der Waals surface area contributed by atoms with Gasteiger partial charge in [0.2, 0.25) is 11.8 Å². The van der Waals surface area contributed by atoms with Crippen molar-refractivity contribution in [2.24, 2.45) is 11.8 Å². The molecular weight excluding hydrogens is 394 g/mol. The number of piperidine rings is 1. The molecule has 29 heavy (non-hydrogen) atoms. The molecule has 1 fully saturated rings. The lowest BCUT2D eigenvalue weighted by Crippen LogP contribution is -2.50. The molecule has 0 saturated carbocycles. The number of likely N-dealkylation sites (N-methyl/N-ethyl adjacent to an activating group) is 1. The van der Waals surface area contributed by atoms with E-state index in [4.69, 9.17) is 16.3 Å². The summed E-state index contributed by atoms with van der Waals surface area (Å²) in [6, 6.07) is 4.40. The first-order valence-corrected chi connectivity index (χ1v) is 10.3. The van der Waals surface area contributed by atoms with Crippen LogP contribution in [0.2, 0.25) is 5.02 Å². The van der Waals surface area contributed by atoms with Gasteiger partial charge in [0.05, 0.1) is 12.7 Å². The van der Waals surface area contributed by atoms with Crippen LogP contribution in [0.4, 0.5) is 0 Å². The number of rotatable bonds is 7. The number of likely N-dealkylation sites (tertiary alicyclic amines) is 1. The van der Waals surface area contributed by atoms with E-state index in [2.05, 4.69) is 10.6 Å². The lowest BCUT2D eigenvalue weighted by atomic mass is 9.94. The minimum absolute atomic E-state index is 0.133. The van der Waals surface area contributed by atoms with Gasteiger partial charge in [-0.05, 0) is 43.4 Å². The highest BCUT2D eigenvalue weighted by molar-refractivity contribution is 6.31. The van der Waals surface area contributed by atoms with Gasteiger partial charge in [0.15, 0.2) is 0 Å². The molecule has 1 saturated heterocycles. The SMILES string of the molecule is CNC(=O)C(CC(C)C)NC(=O)C1CCN(C(=O)c2cc(Cl)ccc2OC)CC1. The topological polar surface area (TPSA) is 87.7 Å². The second-order valence-electron chi connectivity index (χ2n) is 7.72. The molecule has 1 aromatic carbocycles. The maximum atomic E-state index is 12.9. The summed E-state index contributed by atoms with van der Waals surface area (Å²) in [6.07, 6.45) is 1.67. The molecule has 1 aliphatic rings. The van der Waals surface area contributed by atoms with Crippen molar-refractivity contribution in [1.29, 1.82) is 0 Å². The number of amides is 3. The smallest absolute Gasteiger partial charge is 0.257 e. The fraction of sp³-hybridized carbons (Fsp3) is 0.571. The van der Waals surface area contributed by atoms with Gasteiger partial charge >= 0.3 is 0 Å². The second kappa shape index (κ2) is 10.5. The Labute approximate surface area is 177 Å². The van der Waals surface area contributed by atoms with Gasteiger partial charge in [0.1, 0.15) is 11.8 Å². The van der Waals surface area contributed by atoms with E-state index in [1.165, 1.54) is 7.11 Å². The van der Waals surface area contributed by atoms with Crippen molar-refractivity contribution in [1.82, 2.24) is 15.5 Å². The summed E-state index contributed by atoms with van der Waals surface area (Å²) in [5.41, 5.74) is 0.416. The number of nitrogens with one attached hydrogen (secondary N) is 2. The van der Waals surface area contributed by atoms with Crippen LogP contribution in [-0.2, 0) is 9.59 Å². The van der Waals surface area contributed by atoms with Crippen LogP contribution in [0.1, 0.15) is 43.5 Å². The monoisotopic (exact) mass is 423 g/mol. The third-order valence-electron chi connectivity index (χ3n) is 5.13. The maximum Gasteiger partial charge on any atom is 0.257 e. The van der Waals surface area contributed by atoms with E-state index in [1.54, 1.807) is 30.1 Å². The average molecular weight is 424 g/mol. The number of ether oxygens (including phenoxy) is 1. The molecule has 0 radical (unpaired) electrons. The Morgan fingerprint density at radius 1 is 1.24 bits per heavy atom. The molecule has 2 rings (SSSR count). The molecule has 0 spiro atoms. The Morgan fingerprint density at radius 2 is 1.90 bits per heavy atom. The van der Waals surface area contributed by atoms with Crippen LogP contribution in [0.15, 0.2) is 18.2 Å². The Kier molecular flexibility index (Phi) is 8.32. The molecule has 3 amide bonds. The highest BCUT2D eigenvalue weighted by atomic mass is 35.5. The largest absolute Gasteiger partial charge is 0.496 e. The first kappa shape index (κ1) is 23.0. The van der Waals surface area contributed by atoms with Crippen LogP contribution in [-0.4, -0.2) is 55.9 Å². The van der Waals surface area contributed by atoms with E-state index in [0.717, 1.165) is 0 Å².